The highest BCUT2D eigenvalue weighted by Crippen LogP contribution is 2.20. The standard InChI is InChI=1S/C13H32N4O8.4CH4/c14-22-5-1-18-9-13(10-19-2-6-23-15,11-20-3-7-24-16)12-21-4-8-25-17;;;;/h1-12,14-17H2;4*1H4. The minimum absolute atomic E-state index is 0. The van der Waals surface area contributed by atoms with Gasteiger partial charge in [-0.2, -0.15) is 0 Å². The number of nitrogens with two attached hydrogens (primary N) is 4. The molecule has 0 amide bonds. The Morgan fingerprint density at radius 3 is 0.759 bits per heavy atom. The predicted octanol–water partition coefficient (Wildman–Crippen LogP) is 0.145. The van der Waals surface area contributed by atoms with E-state index < -0.39 is 5.41 Å². The highest BCUT2D eigenvalue weighted by molar-refractivity contribution is 4.79. The van der Waals surface area contributed by atoms with Gasteiger partial charge in [0.15, 0.2) is 0 Å². The van der Waals surface area contributed by atoms with E-state index in [2.05, 4.69) is 19.4 Å². The summed E-state index contributed by atoms with van der Waals surface area (Å²) in [5.74, 6) is 20.0. The number of ether oxygens (including phenoxy) is 4. The van der Waals surface area contributed by atoms with Crippen molar-refractivity contribution in [3.63, 3.8) is 0 Å². The zero-order valence-corrected chi connectivity index (χ0v) is 14.6. The monoisotopic (exact) mass is 436 g/mol. The molecule has 184 valence electrons. The van der Waals surface area contributed by atoms with Gasteiger partial charge in [-0.05, 0) is 0 Å². The van der Waals surface area contributed by atoms with Crippen molar-refractivity contribution in [2.24, 2.45) is 29.0 Å². The van der Waals surface area contributed by atoms with Crippen LogP contribution in [-0.4, -0.2) is 79.3 Å². The van der Waals surface area contributed by atoms with Gasteiger partial charge in [0, 0.05) is 0 Å². The molecule has 0 unspecified atom stereocenters. The lowest BCUT2D eigenvalue weighted by Crippen LogP contribution is -2.43. The van der Waals surface area contributed by atoms with Crippen LogP contribution in [0.25, 0.3) is 0 Å². The van der Waals surface area contributed by atoms with Gasteiger partial charge in [0.05, 0.1) is 84.7 Å². The first-order valence-corrected chi connectivity index (χ1v) is 7.82. The molecule has 0 saturated heterocycles. The lowest BCUT2D eigenvalue weighted by atomic mass is 9.92. The normalized spacial score (nSPS) is 10.3. The van der Waals surface area contributed by atoms with E-state index >= 15 is 0 Å². The maximum atomic E-state index is 5.60. The topological polar surface area (TPSA) is 178 Å². The Morgan fingerprint density at radius 1 is 0.379 bits per heavy atom. The minimum atomic E-state index is -0.577. The van der Waals surface area contributed by atoms with Crippen molar-refractivity contribution in [1.29, 1.82) is 0 Å². The fraction of sp³-hybridized carbons (Fsp3) is 1.00. The van der Waals surface area contributed by atoms with E-state index in [0.29, 0.717) is 52.9 Å². The summed E-state index contributed by atoms with van der Waals surface area (Å²) in [5.41, 5.74) is -0.577. The second-order valence-electron chi connectivity index (χ2n) is 5.19. The van der Waals surface area contributed by atoms with Crippen LogP contribution in [0.1, 0.15) is 29.7 Å². The largest absolute Gasteiger partial charge is 0.378 e. The zero-order chi connectivity index (χ0) is 18.6. The Labute approximate surface area is 177 Å². The van der Waals surface area contributed by atoms with E-state index in [1.165, 1.54) is 0 Å². The average Bonchev–Trinajstić information content (AvgIpc) is 2.63. The van der Waals surface area contributed by atoms with Crippen molar-refractivity contribution in [1.82, 2.24) is 0 Å². The van der Waals surface area contributed by atoms with Gasteiger partial charge in [-0.25, -0.2) is 23.6 Å². The van der Waals surface area contributed by atoms with Crippen molar-refractivity contribution >= 4 is 0 Å². The fourth-order valence-electron chi connectivity index (χ4n) is 1.83. The third-order valence-electron chi connectivity index (χ3n) is 3.02. The molecule has 12 heteroatoms. The van der Waals surface area contributed by atoms with Gasteiger partial charge < -0.3 is 38.3 Å². The summed E-state index contributed by atoms with van der Waals surface area (Å²) < 4.78 is 22.4. The molecule has 29 heavy (non-hydrogen) atoms. The van der Waals surface area contributed by atoms with Crippen molar-refractivity contribution in [3.8, 4) is 0 Å². The number of hydrogen-bond donors (Lipinski definition) is 4. The zero-order valence-electron chi connectivity index (χ0n) is 14.6. The van der Waals surface area contributed by atoms with Crippen molar-refractivity contribution in [2.75, 3.05) is 79.3 Å². The quantitative estimate of drug-likeness (QED) is 0.150. The second-order valence-corrected chi connectivity index (χ2v) is 5.19. The Morgan fingerprint density at radius 2 is 0.586 bits per heavy atom. The third kappa shape index (κ3) is 23.7. The van der Waals surface area contributed by atoms with Gasteiger partial charge in [0.25, 0.3) is 0 Å². The highest BCUT2D eigenvalue weighted by Gasteiger charge is 2.32. The highest BCUT2D eigenvalue weighted by atomic mass is 16.6. The summed E-state index contributed by atoms with van der Waals surface area (Å²) >= 11 is 0. The molecule has 0 aromatic carbocycles. The lowest BCUT2D eigenvalue weighted by Gasteiger charge is -2.33. The maximum absolute atomic E-state index is 5.60. The van der Waals surface area contributed by atoms with E-state index in [0.717, 1.165) is 0 Å². The fourth-order valence-corrected chi connectivity index (χ4v) is 1.83. The molecule has 0 aromatic rings. The van der Waals surface area contributed by atoms with E-state index in [1.54, 1.807) is 0 Å². The molecular formula is C17H48N4O8. The summed E-state index contributed by atoms with van der Waals surface area (Å²) in [7, 11) is 0. The molecule has 0 aromatic heterocycles. The smallest absolute Gasteiger partial charge is 0.0913 e. The van der Waals surface area contributed by atoms with Crippen LogP contribution >= 0.6 is 0 Å². The average molecular weight is 437 g/mol. The molecule has 0 saturated carbocycles. The third-order valence-corrected chi connectivity index (χ3v) is 3.02. The summed E-state index contributed by atoms with van der Waals surface area (Å²) in [6.45, 7) is 3.54. The van der Waals surface area contributed by atoms with E-state index in [9.17, 15) is 0 Å². The van der Waals surface area contributed by atoms with Crippen LogP contribution in [0.4, 0.5) is 0 Å². The summed E-state index contributed by atoms with van der Waals surface area (Å²) in [5, 5.41) is 0. The van der Waals surface area contributed by atoms with Crippen LogP contribution < -0.4 is 23.6 Å². The van der Waals surface area contributed by atoms with Crippen molar-refractivity contribution in [2.45, 2.75) is 29.7 Å². The first-order chi connectivity index (χ1) is 12.2. The van der Waals surface area contributed by atoms with Crippen LogP contribution in [0.3, 0.4) is 0 Å². The van der Waals surface area contributed by atoms with Gasteiger partial charge in [-0.15, -0.1) is 0 Å². The first kappa shape index (κ1) is 39.0. The Bertz CT molecular complexity index is 228. The Hall–Kier alpha value is -0.480. The van der Waals surface area contributed by atoms with E-state index in [4.69, 9.17) is 42.5 Å². The van der Waals surface area contributed by atoms with Crippen LogP contribution in [-0.2, 0) is 38.3 Å². The van der Waals surface area contributed by atoms with Gasteiger partial charge in [0.2, 0.25) is 0 Å². The molecule has 0 aliphatic carbocycles. The molecule has 0 bridgehead atoms. The number of rotatable bonds is 20. The molecule has 0 radical (unpaired) electrons. The molecule has 12 nitrogen and oxygen atoms in total. The van der Waals surface area contributed by atoms with Crippen LogP contribution in [0.15, 0.2) is 0 Å². The second kappa shape index (κ2) is 29.7. The molecule has 0 rings (SSSR count). The number of hydrogen-bond acceptors (Lipinski definition) is 12. The molecule has 0 spiro atoms. The SMILES string of the molecule is C.C.C.C.NOCCOCC(COCCON)(COCCON)COCCON. The Kier molecular flexibility index (Phi) is 40.0. The lowest BCUT2D eigenvalue weighted by molar-refractivity contribution is -0.121. The summed E-state index contributed by atoms with van der Waals surface area (Å²) in [6.07, 6.45) is 0. The van der Waals surface area contributed by atoms with E-state index in [1.807, 2.05) is 0 Å². The molecule has 0 aliphatic rings. The molecule has 0 atom stereocenters. The summed E-state index contributed by atoms with van der Waals surface area (Å²) in [6, 6.07) is 0. The summed E-state index contributed by atoms with van der Waals surface area (Å²) in [4.78, 5) is 17.9. The van der Waals surface area contributed by atoms with Gasteiger partial charge >= 0.3 is 0 Å². The van der Waals surface area contributed by atoms with Crippen molar-refractivity contribution in [3.05, 3.63) is 0 Å². The minimum Gasteiger partial charge on any atom is -0.378 e. The van der Waals surface area contributed by atoms with E-state index in [-0.39, 0.29) is 56.1 Å². The predicted molar refractivity (Wildman–Crippen MR) is 113 cm³/mol. The maximum Gasteiger partial charge on any atom is 0.0913 e. The first-order valence-electron chi connectivity index (χ1n) is 7.82. The van der Waals surface area contributed by atoms with Gasteiger partial charge in [-0.1, -0.05) is 29.7 Å². The Balaban J connectivity index is -0.000000480. The van der Waals surface area contributed by atoms with Crippen LogP contribution in [0.2, 0.25) is 0 Å². The molecule has 0 heterocycles. The molecule has 0 fully saturated rings. The van der Waals surface area contributed by atoms with Gasteiger partial charge in [0.1, 0.15) is 0 Å². The van der Waals surface area contributed by atoms with Crippen LogP contribution in [0.5, 0.6) is 0 Å². The molecule has 8 N–H and O–H groups in total. The molecule has 0 aliphatic heterocycles. The van der Waals surface area contributed by atoms with Gasteiger partial charge in [-0.3, -0.25) is 0 Å². The van der Waals surface area contributed by atoms with Crippen molar-refractivity contribution < 1.29 is 38.3 Å². The molecular weight excluding hydrogens is 388 g/mol. The van der Waals surface area contributed by atoms with Crippen LogP contribution in [0, 0.1) is 5.41 Å².